The fourth-order valence-corrected chi connectivity index (χ4v) is 3.08. The maximum absolute atomic E-state index is 12.4. The van der Waals surface area contributed by atoms with Gasteiger partial charge in [-0.05, 0) is 31.0 Å². The van der Waals surface area contributed by atoms with Gasteiger partial charge in [-0.25, -0.2) is 9.48 Å². The number of anilines is 1. The molecule has 0 spiro atoms. The summed E-state index contributed by atoms with van der Waals surface area (Å²) in [7, 11) is 1.68. The van der Waals surface area contributed by atoms with E-state index < -0.39 is 0 Å². The molecule has 0 saturated carbocycles. The van der Waals surface area contributed by atoms with Crippen LogP contribution in [0.15, 0.2) is 30.3 Å². The number of nitrogens with zero attached hydrogens (tertiary/aromatic N) is 3. The van der Waals surface area contributed by atoms with Crippen LogP contribution in [0, 0.1) is 6.92 Å². The van der Waals surface area contributed by atoms with Crippen LogP contribution in [-0.2, 0) is 11.3 Å². The van der Waals surface area contributed by atoms with Crippen LogP contribution in [0.5, 0.6) is 0 Å². The fraction of sp³-hybridized carbons (Fsp3) is 0.412. The van der Waals surface area contributed by atoms with Crippen molar-refractivity contribution < 1.29 is 9.53 Å². The molecule has 1 saturated heterocycles. The fourth-order valence-electron chi connectivity index (χ4n) is 2.87. The highest BCUT2D eigenvalue weighted by Gasteiger charge is 2.26. The van der Waals surface area contributed by atoms with Gasteiger partial charge < -0.3 is 9.64 Å². The molecule has 0 aliphatic carbocycles. The molecule has 1 aliphatic heterocycles. The summed E-state index contributed by atoms with van der Waals surface area (Å²) < 4.78 is 7.09. The van der Waals surface area contributed by atoms with Crippen LogP contribution >= 0.6 is 11.6 Å². The lowest BCUT2D eigenvalue weighted by atomic mass is 10.2. The van der Waals surface area contributed by atoms with Crippen LogP contribution in [0.3, 0.4) is 0 Å². The first-order valence-electron chi connectivity index (χ1n) is 7.93. The van der Waals surface area contributed by atoms with Crippen molar-refractivity contribution in [2.45, 2.75) is 26.0 Å². The molecule has 7 heteroatoms. The number of aryl methyl sites for hydroxylation is 1. The summed E-state index contributed by atoms with van der Waals surface area (Å²) in [6.45, 7) is 3.77. The maximum atomic E-state index is 12.4. The van der Waals surface area contributed by atoms with Gasteiger partial charge >= 0.3 is 6.03 Å². The Labute approximate surface area is 146 Å². The van der Waals surface area contributed by atoms with Crippen molar-refractivity contribution in [1.82, 2.24) is 14.7 Å². The number of methoxy groups -OCH3 is 1. The number of hydrogen-bond donors (Lipinski definition) is 1. The zero-order valence-electron chi connectivity index (χ0n) is 13.8. The average molecular weight is 349 g/mol. The van der Waals surface area contributed by atoms with Gasteiger partial charge in [-0.2, -0.15) is 5.10 Å². The Morgan fingerprint density at radius 1 is 1.46 bits per heavy atom. The van der Waals surface area contributed by atoms with Crippen molar-refractivity contribution in [2.24, 2.45) is 0 Å². The normalized spacial score (nSPS) is 17.3. The zero-order chi connectivity index (χ0) is 17.1. The number of carbonyl (C=O) groups is 1. The van der Waals surface area contributed by atoms with Crippen LogP contribution in [0.2, 0.25) is 5.02 Å². The van der Waals surface area contributed by atoms with E-state index in [1.54, 1.807) is 16.7 Å². The van der Waals surface area contributed by atoms with Crippen molar-refractivity contribution >= 4 is 23.4 Å². The van der Waals surface area contributed by atoms with Crippen LogP contribution in [0.4, 0.5) is 10.6 Å². The third-order valence-corrected chi connectivity index (χ3v) is 4.36. The van der Waals surface area contributed by atoms with E-state index in [0.29, 0.717) is 30.5 Å². The van der Waals surface area contributed by atoms with E-state index in [1.165, 1.54) is 0 Å². The SMILES string of the molecule is COC1CCN(C(=O)Nc2cc(C)nn2Cc2cccc(Cl)c2)C1. The van der Waals surface area contributed by atoms with Gasteiger partial charge in [-0.15, -0.1) is 0 Å². The van der Waals surface area contributed by atoms with E-state index in [-0.39, 0.29) is 12.1 Å². The van der Waals surface area contributed by atoms with E-state index in [1.807, 2.05) is 37.3 Å². The van der Waals surface area contributed by atoms with E-state index in [4.69, 9.17) is 16.3 Å². The highest BCUT2D eigenvalue weighted by Crippen LogP contribution is 2.18. The largest absolute Gasteiger partial charge is 0.380 e. The van der Waals surface area contributed by atoms with Crippen molar-refractivity contribution in [3.8, 4) is 0 Å². The standard InChI is InChI=1S/C17H21ClN4O2/c1-12-8-16(19-17(23)21-7-6-15(11-21)24-2)22(20-12)10-13-4-3-5-14(18)9-13/h3-5,8-9,15H,6-7,10-11H2,1-2H3,(H,19,23). The number of hydrogen-bond acceptors (Lipinski definition) is 3. The molecular formula is C17H21ClN4O2. The van der Waals surface area contributed by atoms with Crippen LogP contribution in [0.25, 0.3) is 0 Å². The molecule has 2 aromatic rings. The molecule has 24 heavy (non-hydrogen) atoms. The summed E-state index contributed by atoms with van der Waals surface area (Å²) >= 11 is 6.04. The first-order chi connectivity index (χ1) is 11.5. The minimum absolute atomic E-state index is 0.119. The maximum Gasteiger partial charge on any atom is 0.323 e. The third-order valence-electron chi connectivity index (χ3n) is 4.12. The predicted molar refractivity (Wildman–Crippen MR) is 93.5 cm³/mol. The number of benzene rings is 1. The topological polar surface area (TPSA) is 59.4 Å². The second kappa shape index (κ2) is 7.23. The smallest absolute Gasteiger partial charge is 0.323 e. The minimum Gasteiger partial charge on any atom is -0.380 e. The van der Waals surface area contributed by atoms with E-state index in [0.717, 1.165) is 17.7 Å². The lowest BCUT2D eigenvalue weighted by molar-refractivity contribution is 0.111. The molecule has 1 aliphatic rings. The predicted octanol–water partition coefficient (Wildman–Crippen LogP) is 3.15. The summed E-state index contributed by atoms with van der Waals surface area (Å²) in [5, 5.41) is 8.10. The number of ether oxygens (including phenoxy) is 1. The molecule has 1 N–H and O–H groups in total. The molecule has 3 rings (SSSR count). The first kappa shape index (κ1) is 16.8. The minimum atomic E-state index is -0.123. The van der Waals surface area contributed by atoms with Gasteiger partial charge in [0.05, 0.1) is 18.3 Å². The monoisotopic (exact) mass is 348 g/mol. The van der Waals surface area contributed by atoms with Gasteiger partial charge in [0.1, 0.15) is 5.82 Å². The van der Waals surface area contributed by atoms with Crippen molar-refractivity contribution in [1.29, 1.82) is 0 Å². The van der Waals surface area contributed by atoms with Gasteiger partial charge in [0.15, 0.2) is 0 Å². The van der Waals surface area contributed by atoms with Crippen molar-refractivity contribution in [2.75, 3.05) is 25.5 Å². The number of halogens is 1. The van der Waals surface area contributed by atoms with Crippen LogP contribution in [-0.4, -0.2) is 47.0 Å². The molecule has 1 fully saturated rings. The summed E-state index contributed by atoms with van der Waals surface area (Å²) in [5.41, 5.74) is 1.88. The molecule has 128 valence electrons. The molecule has 6 nitrogen and oxygen atoms in total. The van der Waals surface area contributed by atoms with Gasteiger partial charge in [0, 0.05) is 31.3 Å². The number of amides is 2. The highest BCUT2D eigenvalue weighted by atomic mass is 35.5. The number of rotatable bonds is 4. The quantitative estimate of drug-likeness (QED) is 0.923. The number of urea groups is 1. The molecule has 0 bridgehead atoms. The van der Waals surface area contributed by atoms with Gasteiger partial charge in [-0.1, -0.05) is 23.7 Å². The van der Waals surface area contributed by atoms with Gasteiger partial charge in [0.25, 0.3) is 0 Å². The Kier molecular flexibility index (Phi) is 5.06. The second-order valence-corrected chi connectivity index (χ2v) is 6.42. The molecule has 2 heterocycles. The molecule has 0 radical (unpaired) electrons. The Hall–Kier alpha value is -2.05. The Bertz CT molecular complexity index is 731. The Morgan fingerprint density at radius 2 is 2.29 bits per heavy atom. The van der Waals surface area contributed by atoms with Crippen LogP contribution < -0.4 is 5.32 Å². The number of nitrogens with one attached hydrogen (secondary N) is 1. The van der Waals surface area contributed by atoms with Crippen molar-refractivity contribution in [3.63, 3.8) is 0 Å². The number of carbonyl (C=O) groups excluding carboxylic acids is 1. The average Bonchev–Trinajstić information content (AvgIpc) is 3.14. The third kappa shape index (κ3) is 3.88. The summed E-state index contributed by atoms with van der Waals surface area (Å²) in [6.07, 6.45) is 0.985. The van der Waals surface area contributed by atoms with E-state index >= 15 is 0 Å². The van der Waals surface area contributed by atoms with E-state index in [2.05, 4.69) is 10.4 Å². The Morgan fingerprint density at radius 3 is 3.00 bits per heavy atom. The second-order valence-electron chi connectivity index (χ2n) is 5.98. The lowest BCUT2D eigenvalue weighted by Crippen LogP contribution is -2.34. The van der Waals surface area contributed by atoms with Gasteiger partial charge in [-0.3, -0.25) is 5.32 Å². The summed E-state index contributed by atoms with van der Waals surface area (Å²) in [4.78, 5) is 14.2. The van der Waals surface area contributed by atoms with E-state index in [9.17, 15) is 4.79 Å². The summed E-state index contributed by atoms with van der Waals surface area (Å²) in [5.74, 6) is 0.679. The van der Waals surface area contributed by atoms with Gasteiger partial charge in [0.2, 0.25) is 0 Å². The zero-order valence-corrected chi connectivity index (χ0v) is 14.6. The first-order valence-corrected chi connectivity index (χ1v) is 8.30. The molecular weight excluding hydrogens is 328 g/mol. The summed E-state index contributed by atoms with van der Waals surface area (Å²) in [6, 6.07) is 9.36. The molecule has 1 atom stereocenters. The molecule has 1 aromatic carbocycles. The Balaban J connectivity index is 1.71. The molecule has 1 unspecified atom stereocenters. The highest BCUT2D eigenvalue weighted by molar-refractivity contribution is 6.30. The molecule has 2 amide bonds. The number of likely N-dealkylation sites (tertiary alicyclic amines) is 1. The lowest BCUT2D eigenvalue weighted by Gasteiger charge is -2.17. The molecule has 1 aromatic heterocycles. The van der Waals surface area contributed by atoms with Crippen molar-refractivity contribution in [3.05, 3.63) is 46.6 Å². The number of aromatic nitrogens is 2. The van der Waals surface area contributed by atoms with Crippen LogP contribution in [0.1, 0.15) is 17.7 Å².